The van der Waals surface area contributed by atoms with E-state index in [1.807, 2.05) is 6.92 Å². The van der Waals surface area contributed by atoms with Crippen LogP contribution in [-0.4, -0.2) is 9.97 Å². The third-order valence-corrected chi connectivity index (χ3v) is 2.04. The van der Waals surface area contributed by atoms with Gasteiger partial charge in [-0.15, -0.1) is 0 Å². The summed E-state index contributed by atoms with van der Waals surface area (Å²) >= 11 is 0. The zero-order valence-electron chi connectivity index (χ0n) is 8.74. The summed E-state index contributed by atoms with van der Waals surface area (Å²) in [7, 11) is 0. The van der Waals surface area contributed by atoms with Crippen molar-refractivity contribution in [1.29, 1.82) is 0 Å². The quantitative estimate of drug-likeness (QED) is 0.811. The molecule has 0 saturated carbocycles. The van der Waals surface area contributed by atoms with Crippen LogP contribution >= 0.6 is 0 Å². The van der Waals surface area contributed by atoms with Gasteiger partial charge in [0.15, 0.2) is 5.82 Å². The molecule has 0 unspecified atom stereocenters. The Kier molecular flexibility index (Phi) is 2.68. The van der Waals surface area contributed by atoms with Gasteiger partial charge in [-0.3, -0.25) is 4.98 Å². The first-order valence-electron chi connectivity index (χ1n) is 4.76. The average Bonchev–Trinajstić information content (AvgIpc) is 2.24. The van der Waals surface area contributed by atoms with E-state index in [2.05, 4.69) is 15.3 Å². The molecule has 0 radical (unpaired) electrons. The highest BCUT2D eigenvalue weighted by Gasteiger charge is 2.03. The van der Waals surface area contributed by atoms with Gasteiger partial charge < -0.3 is 11.1 Å². The van der Waals surface area contributed by atoms with Gasteiger partial charge in [0.2, 0.25) is 0 Å². The van der Waals surface area contributed by atoms with Crippen molar-refractivity contribution < 1.29 is 4.39 Å². The standard InChI is InChI=1S/C11H11FN4/c1-7-2-3-8(12)9(4-7)15-11-6-14-5-10(13)16-11/h2-6H,1H3,(H3,13,15,16). The molecular weight excluding hydrogens is 207 g/mol. The number of nitrogens with two attached hydrogens (primary N) is 1. The minimum atomic E-state index is -0.338. The molecule has 16 heavy (non-hydrogen) atoms. The second kappa shape index (κ2) is 4.14. The summed E-state index contributed by atoms with van der Waals surface area (Å²) in [6, 6.07) is 4.79. The molecule has 0 aliphatic rings. The highest BCUT2D eigenvalue weighted by atomic mass is 19.1. The molecule has 0 fully saturated rings. The van der Waals surface area contributed by atoms with E-state index in [0.29, 0.717) is 11.5 Å². The van der Waals surface area contributed by atoms with E-state index in [9.17, 15) is 4.39 Å². The molecule has 1 heterocycles. The Morgan fingerprint density at radius 3 is 2.88 bits per heavy atom. The van der Waals surface area contributed by atoms with E-state index >= 15 is 0 Å². The Balaban J connectivity index is 2.30. The Morgan fingerprint density at radius 2 is 2.12 bits per heavy atom. The molecule has 2 rings (SSSR count). The fourth-order valence-electron chi connectivity index (χ4n) is 1.31. The maximum atomic E-state index is 13.4. The minimum absolute atomic E-state index is 0.290. The predicted molar refractivity (Wildman–Crippen MR) is 60.9 cm³/mol. The van der Waals surface area contributed by atoms with Gasteiger partial charge in [-0.1, -0.05) is 6.07 Å². The number of nitrogen functional groups attached to an aromatic ring is 1. The molecule has 0 aliphatic carbocycles. The van der Waals surface area contributed by atoms with Gasteiger partial charge in [0.25, 0.3) is 0 Å². The zero-order chi connectivity index (χ0) is 11.5. The number of anilines is 3. The maximum Gasteiger partial charge on any atom is 0.151 e. The fraction of sp³-hybridized carbons (Fsp3) is 0.0909. The topological polar surface area (TPSA) is 63.8 Å². The number of benzene rings is 1. The van der Waals surface area contributed by atoms with Crippen LogP contribution in [0.15, 0.2) is 30.6 Å². The normalized spacial score (nSPS) is 10.1. The molecule has 0 atom stereocenters. The lowest BCUT2D eigenvalue weighted by molar-refractivity contribution is 0.631. The van der Waals surface area contributed by atoms with Crippen LogP contribution in [0.3, 0.4) is 0 Å². The van der Waals surface area contributed by atoms with Crippen LogP contribution < -0.4 is 11.1 Å². The van der Waals surface area contributed by atoms with Crippen LogP contribution in [0, 0.1) is 12.7 Å². The van der Waals surface area contributed by atoms with Crippen LogP contribution in [0.4, 0.5) is 21.7 Å². The smallest absolute Gasteiger partial charge is 0.151 e. The molecule has 3 N–H and O–H groups in total. The Bertz CT molecular complexity index is 513. The molecule has 1 aromatic carbocycles. The number of halogens is 1. The third-order valence-electron chi connectivity index (χ3n) is 2.04. The van der Waals surface area contributed by atoms with Gasteiger partial charge >= 0.3 is 0 Å². The molecule has 4 nitrogen and oxygen atoms in total. The van der Waals surface area contributed by atoms with E-state index in [0.717, 1.165) is 5.56 Å². The fourth-order valence-corrected chi connectivity index (χ4v) is 1.31. The summed E-state index contributed by atoms with van der Waals surface area (Å²) in [5.74, 6) is 0.373. The van der Waals surface area contributed by atoms with E-state index < -0.39 is 0 Å². The SMILES string of the molecule is Cc1ccc(F)c(Nc2cncc(N)n2)c1. The van der Waals surface area contributed by atoms with Crippen LogP contribution in [0.1, 0.15) is 5.56 Å². The number of hydrogen-bond donors (Lipinski definition) is 2. The molecule has 5 heteroatoms. The summed E-state index contributed by atoms with van der Waals surface area (Å²) < 4.78 is 13.4. The number of hydrogen-bond acceptors (Lipinski definition) is 4. The second-order valence-electron chi connectivity index (χ2n) is 3.44. The van der Waals surface area contributed by atoms with Gasteiger partial charge in [-0.05, 0) is 24.6 Å². The van der Waals surface area contributed by atoms with E-state index in [-0.39, 0.29) is 11.6 Å². The van der Waals surface area contributed by atoms with Crippen LogP contribution in [0.25, 0.3) is 0 Å². The van der Waals surface area contributed by atoms with E-state index in [1.165, 1.54) is 18.5 Å². The van der Waals surface area contributed by atoms with Crippen molar-refractivity contribution in [2.24, 2.45) is 0 Å². The summed E-state index contributed by atoms with van der Waals surface area (Å²) in [4.78, 5) is 7.84. The lowest BCUT2D eigenvalue weighted by Gasteiger charge is -2.07. The molecule has 0 saturated heterocycles. The minimum Gasteiger partial charge on any atom is -0.382 e. The lowest BCUT2D eigenvalue weighted by Crippen LogP contribution is -2.00. The number of aromatic nitrogens is 2. The first-order chi connectivity index (χ1) is 7.65. The number of rotatable bonds is 2. The summed E-state index contributed by atoms with van der Waals surface area (Å²) in [6.45, 7) is 1.88. The van der Waals surface area contributed by atoms with Crippen molar-refractivity contribution in [2.75, 3.05) is 11.1 Å². The largest absolute Gasteiger partial charge is 0.382 e. The van der Waals surface area contributed by atoms with Crippen LogP contribution in [0.2, 0.25) is 0 Å². The monoisotopic (exact) mass is 218 g/mol. The first kappa shape index (κ1) is 10.4. The highest BCUT2D eigenvalue weighted by molar-refractivity contribution is 5.58. The summed E-state index contributed by atoms with van der Waals surface area (Å²) in [6.07, 6.45) is 2.91. The highest BCUT2D eigenvalue weighted by Crippen LogP contribution is 2.19. The third kappa shape index (κ3) is 2.25. The molecule has 2 aromatic rings. The van der Waals surface area contributed by atoms with Gasteiger partial charge in [0.05, 0.1) is 18.1 Å². The summed E-state index contributed by atoms with van der Waals surface area (Å²) in [5, 5.41) is 2.83. The van der Waals surface area contributed by atoms with Crippen molar-refractivity contribution in [3.8, 4) is 0 Å². The first-order valence-corrected chi connectivity index (χ1v) is 4.76. The molecule has 0 bridgehead atoms. The van der Waals surface area contributed by atoms with E-state index in [1.54, 1.807) is 12.1 Å². The van der Waals surface area contributed by atoms with Gasteiger partial charge in [-0.25, -0.2) is 9.37 Å². The van der Waals surface area contributed by atoms with Gasteiger partial charge in [0.1, 0.15) is 11.6 Å². The lowest BCUT2D eigenvalue weighted by atomic mass is 10.2. The Morgan fingerprint density at radius 1 is 1.31 bits per heavy atom. The van der Waals surface area contributed by atoms with Crippen LogP contribution in [0.5, 0.6) is 0 Å². The second-order valence-corrected chi connectivity index (χ2v) is 3.44. The van der Waals surface area contributed by atoms with Gasteiger partial charge in [0, 0.05) is 0 Å². The molecule has 82 valence electrons. The van der Waals surface area contributed by atoms with Crippen LogP contribution in [-0.2, 0) is 0 Å². The van der Waals surface area contributed by atoms with Crippen molar-refractivity contribution >= 4 is 17.3 Å². The molecule has 0 aliphatic heterocycles. The molecule has 0 amide bonds. The number of aryl methyl sites for hydroxylation is 1. The Labute approximate surface area is 92.3 Å². The number of nitrogens with zero attached hydrogens (tertiary/aromatic N) is 2. The molecular formula is C11H11FN4. The van der Waals surface area contributed by atoms with Crippen molar-refractivity contribution in [2.45, 2.75) is 6.92 Å². The van der Waals surface area contributed by atoms with Crippen molar-refractivity contribution in [3.05, 3.63) is 42.0 Å². The molecule has 1 aromatic heterocycles. The average molecular weight is 218 g/mol. The van der Waals surface area contributed by atoms with Gasteiger partial charge in [-0.2, -0.15) is 0 Å². The van der Waals surface area contributed by atoms with Crippen molar-refractivity contribution in [1.82, 2.24) is 9.97 Å². The zero-order valence-corrected chi connectivity index (χ0v) is 8.74. The summed E-state index contributed by atoms with van der Waals surface area (Å²) in [5.41, 5.74) is 6.79. The molecule has 0 spiro atoms. The maximum absolute atomic E-state index is 13.4. The number of nitrogens with one attached hydrogen (secondary N) is 1. The van der Waals surface area contributed by atoms with Crippen molar-refractivity contribution in [3.63, 3.8) is 0 Å². The predicted octanol–water partition coefficient (Wildman–Crippen LogP) is 2.25. The van der Waals surface area contributed by atoms with E-state index in [4.69, 9.17) is 5.73 Å². The Hall–Kier alpha value is -2.17.